The summed E-state index contributed by atoms with van der Waals surface area (Å²) in [4.78, 5) is 3.33. The third-order valence-corrected chi connectivity index (χ3v) is 3.90. The smallest absolute Gasteiger partial charge is 0.0152 e. The Kier molecular flexibility index (Phi) is 5.47. The fourth-order valence-corrected chi connectivity index (χ4v) is 3.49. The fourth-order valence-electron chi connectivity index (χ4n) is 2.43. The van der Waals surface area contributed by atoms with E-state index in [1.54, 1.807) is 0 Å². The van der Waals surface area contributed by atoms with Gasteiger partial charge in [-0.15, -0.1) is 0 Å². The van der Waals surface area contributed by atoms with Gasteiger partial charge < -0.3 is 4.90 Å². The van der Waals surface area contributed by atoms with Crippen LogP contribution in [0.2, 0.25) is 0 Å². The van der Waals surface area contributed by atoms with E-state index >= 15 is 0 Å². The number of rotatable bonds is 6. The quantitative estimate of drug-likeness (QED) is 0.662. The first-order valence-corrected chi connectivity index (χ1v) is 6.86. The van der Waals surface area contributed by atoms with Crippen LogP contribution in [0, 0.1) is 11.8 Å². The molecule has 0 aliphatic heterocycles. The molecule has 0 heterocycles. The standard InChI is InChI=1S/C12H24BrN/c1-4-5-10(2)8-14(3)9-11-6-12(13)7-11/h10-12H,4-9H2,1-3H3. The van der Waals surface area contributed by atoms with Crippen molar-refractivity contribution in [1.29, 1.82) is 0 Å². The van der Waals surface area contributed by atoms with Crippen LogP contribution in [-0.4, -0.2) is 29.9 Å². The van der Waals surface area contributed by atoms with Gasteiger partial charge in [0.15, 0.2) is 0 Å². The zero-order valence-corrected chi connectivity index (χ0v) is 11.4. The molecule has 1 aliphatic rings. The van der Waals surface area contributed by atoms with Gasteiger partial charge in [0.25, 0.3) is 0 Å². The molecule has 1 fully saturated rings. The maximum atomic E-state index is 3.65. The Balaban J connectivity index is 2.06. The average Bonchev–Trinajstić information content (AvgIpc) is 2.01. The van der Waals surface area contributed by atoms with Crippen molar-refractivity contribution in [2.24, 2.45) is 11.8 Å². The van der Waals surface area contributed by atoms with E-state index < -0.39 is 0 Å². The average molecular weight is 262 g/mol. The van der Waals surface area contributed by atoms with Gasteiger partial charge in [0.2, 0.25) is 0 Å². The molecule has 1 saturated carbocycles. The van der Waals surface area contributed by atoms with Crippen molar-refractivity contribution >= 4 is 15.9 Å². The maximum absolute atomic E-state index is 3.65. The van der Waals surface area contributed by atoms with Crippen molar-refractivity contribution in [1.82, 2.24) is 4.90 Å². The van der Waals surface area contributed by atoms with Crippen LogP contribution in [0.25, 0.3) is 0 Å². The highest BCUT2D eigenvalue weighted by molar-refractivity contribution is 9.09. The third kappa shape index (κ3) is 4.31. The second-order valence-corrected chi connectivity index (χ2v) is 6.34. The van der Waals surface area contributed by atoms with E-state index in [9.17, 15) is 0 Å². The minimum absolute atomic E-state index is 0.814. The summed E-state index contributed by atoms with van der Waals surface area (Å²) in [5, 5.41) is 0. The van der Waals surface area contributed by atoms with Crippen LogP contribution in [0.3, 0.4) is 0 Å². The molecule has 0 radical (unpaired) electrons. The Labute approximate surface area is 97.4 Å². The lowest BCUT2D eigenvalue weighted by molar-refractivity contribution is 0.192. The molecule has 0 aromatic heterocycles. The van der Waals surface area contributed by atoms with Crippen molar-refractivity contribution in [2.75, 3.05) is 20.1 Å². The summed E-state index contributed by atoms with van der Waals surface area (Å²) >= 11 is 3.65. The highest BCUT2D eigenvalue weighted by Gasteiger charge is 2.27. The highest BCUT2D eigenvalue weighted by atomic mass is 79.9. The molecule has 0 spiro atoms. The zero-order chi connectivity index (χ0) is 10.6. The summed E-state index contributed by atoms with van der Waals surface area (Å²) in [6, 6.07) is 0. The molecule has 1 unspecified atom stereocenters. The maximum Gasteiger partial charge on any atom is 0.0152 e. The van der Waals surface area contributed by atoms with E-state index in [2.05, 4.69) is 41.7 Å². The van der Waals surface area contributed by atoms with Crippen LogP contribution in [-0.2, 0) is 0 Å². The first kappa shape index (κ1) is 12.5. The van der Waals surface area contributed by atoms with Crippen LogP contribution in [0.4, 0.5) is 0 Å². The lowest BCUT2D eigenvalue weighted by Gasteiger charge is -2.35. The topological polar surface area (TPSA) is 3.24 Å². The van der Waals surface area contributed by atoms with Crippen LogP contribution >= 0.6 is 15.9 Å². The van der Waals surface area contributed by atoms with Gasteiger partial charge in [0.1, 0.15) is 0 Å². The molecule has 1 nitrogen and oxygen atoms in total. The Bertz CT molecular complexity index is 148. The molecule has 2 heteroatoms. The Morgan fingerprint density at radius 3 is 2.57 bits per heavy atom. The van der Waals surface area contributed by atoms with Crippen molar-refractivity contribution in [3.05, 3.63) is 0 Å². The molecule has 0 N–H and O–H groups in total. The monoisotopic (exact) mass is 261 g/mol. The van der Waals surface area contributed by atoms with Gasteiger partial charge >= 0.3 is 0 Å². The molecule has 1 aliphatic carbocycles. The number of hydrogen-bond donors (Lipinski definition) is 0. The number of alkyl halides is 1. The number of hydrogen-bond acceptors (Lipinski definition) is 1. The highest BCUT2D eigenvalue weighted by Crippen LogP contribution is 2.33. The summed E-state index contributed by atoms with van der Waals surface area (Å²) in [6.45, 7) is 7.22. The van der Waals surface area contributed by atoms with Crippen LogP contribution in [0.1, 0.15) is 39.5 Å². The van der Waals surface area contributed by atoms with Crippen LogP contribution in [0.5, 0.6) is 0 Å². The van der Waals surface area contributed by atoms with E-state index in [0.717, 1.165) is 16.7 Å². The molecular weight excluding hydrogens is 238 g/mol. The largest absolute Gasteiger partial charge is 0.306 e. The van der Waals surface area contributed by atoms with Gasteiger partial charge in [-0.1, -0.05) is 36.2 Å². The van der Waals surface area contributed by atoms with E-state index in [0.29, 0.717) is 0 Å². The van der Waals surface area contributed by atoms with Crippen molar-refractivity contribution in [3.8, 4) is 0 Å². The third-order valence-electron chi connectivity index (χ3n) is 3.15. The molecule has 14 heavy (non-hydrogen) atoms. The number of halogens is 1. The van der Waals surface area contributed by atoms with Crippen LogP contribution < -0.4 is 0 Å². The summed E-state index contributed by atoms with van der Waals surface area (Å²) < 4.78 is 0. The molecule has 0 saturated heterocycles. The van der Waals surface area contributed by atoms with Crippen molar-refractivity contribution in [2.45, 2.75) is 44.4 Å². The van der Waals surface area contributed by atoms with Gasteiger partial charge in [0.05, 0.1) is 0 Å². The number of nitrogens with zero attached hydrogens (tertiary/aromatic N) is 1. The Hall–Kier alpha value is 0.440. The predicted octanol–water partition coefficient (Wildman–Crippen LogP) is 3.53. The first-order chi connectivity index (χ1) is 6.61. The van der Waals surface area contributed by atoms with Gasteiger partial charge in [0, 0.05) is 17.9 Å². The van der Waals surface area contributed by atoms with Gasteiger partial charge in [-0.05, 0) is 38.1 Å². The summed E-state index contributed by atoms with van der Waals surface area (Å²) in [5.41, 5.74) is 0. The lowest BCUT2D eigenvalue weighted by Crippen LogP contribution is -2.36. The van der Waals surface area contributed by atoms with Crippen LogP contribution in [0.15, 0.2) is 0 Å². The van der Waals surface area contributed by atoms with E-state index in [1.807, 2.05) is 0 Å². The normalized spacial score (nSPS) is 28.9. The summed E-state index contributed by atoms with van der Waals surface area (Å²) in [6.07, 6.45) is 5.46. The van der Waals surface area contributed by atoms with Gasteiger partial charge in [-0.25, -0.2) is 0 Å². The van der Waals surface area contributed by atoms with E-state index in [1.165, 1.54) is 38.8 Å². The second-order valence-electron chi connectivity index (χ2n) is 5.05. The predicted molar refractivity (Wildman–Crippen MR) is 67.0 cm³/mol. The summed E-state index contributed by atoms with van der Waals surface area (Å²) in [5.74, 6) is 1.82. The molecule has 0 aromatic rings. The summed E-state index contributed by atoms with van der Waals surface area (Å²) in [7, 11) is 2.27. The molecule has 0 amide bonds. The molecular formula is C12H24BrN. The molecule has 84 valence electrons. The molecule has 0 bridgehead atoms. The Morgan fingerprint density at radius 2 is 2.07 bits per heavy atom. The Morgan fingerprint density at radius 1 is 1.43 bits per heavy atom. The van der Waals surface area contributed by atoms with E-state index in [-0.39, 0.29) is 0 Å². The second kappa shape index (κ2) is 6.12. The minimum atomic E-state index is 0.814. The minimum Gasteiger partial charge on any atom is -0.306 e. The fraction of sp³-hybridized carbons (Fsp3) is 1.00. The first-order valence-electron chi connectivity index (χ1n) is 5.94. The molecule has 0 aromatic carbocycles. The SMILES string of the molecule is CCCC(C)CN(C)CC1CC(Br)C1. The van der Waals surface area contributed by atoms with Crippen molar-refractivity contribution < 1.29 is 0 Å². The molecule has 1 rings (SSSR count). The molecule has 1 atom stereocenters. The zero-order valence-electron chi connectivity index (χ0n) is 9.80. The van der Waals surface area contributed by atoms with Gasteiger partial charge in [-0.2, -0.15) is 0 Å². The van der Waals surface area contributed by atoms with Crippen molar-refractivity contribution in [3.63, 3.8) is 0 Å². The van der Waals surface area contributed by atoms with Gasteiger partial charge in [-0.3, -0.25) is 0 Å². The van der Waals surface area contributed by atoms with E-state index in [4.69, 9.17) is 0 Å². The lowest BCUT2D eigenvalue weighted by atomic mass is 9.85.